The van der Waals surface area contributed by atoms with Crippen LogP contribution in [-0.4, -0.2) is 140 Å². The van der Waals surface area contributed by atoms with Gasteiger partial charge in [0.05, 0.1) is 54.9 Å². The van der Waals surface area contributed by atoms with Crippen LogP contribution >= 0.6 is 11.6 Å². The number of methoxy groups -OCH3 is 2. The number of allylic oxidation sites excluding steroid dienone is 2. The first-order chi connectivity index (χ1) is 33.9. The third kappa shape index (κ3) is 11.6. The van der Waals surface area contributed by atoms with Crippen molar-refractivity contribution < 1.29 is 71.9 Å². The standard InChI is InChI=1S/C55H77ClO15/c1-11-29(2)48-32(5)21-22-54(71-48)27-40-24-39(70-54)20-15-31(4)47(67-45-26-43(62-10)50(35(8)65-45)68-44-25-42(61-9)46(57)34(7)64-44)30(3)13-12-14-37-28-63-51-49(69-52(58)36-16-18-38(56)19-17-36)33(6)23-41(53(59)66-40)55(37,51)60/h12-19,23,29-30,32,34-35,39-51,57,60H,11,20-22,24-28H2,1-10H3/b13-12+,31-15+,37-14+/t29-,30-,32-,34-,35-,39+,40-,41-,42-,43-,44-,45-,46-,47-,48+,49+,50-,51+,54+,55+/m0/s1. The molecule has 5 saturated heterocycles. The van der Waals surface area contributed by atoms with Gasteiger partial charge in [0, 0.05) is 57.3 Å². The van der Waals surface area contributed by atoms with E-state index in [1.165, 1.54) is 0 Å². The van der Waals surface area contributed by atoms with Gasteiger partial charge < -0.3 is 62.3 Å². The molecule has 0 unspecified atom stereocenters. The highest BCUT2D eigenvalue weighted by molar-refractivity contribution is 6.30. The Balaban J connectivity index is 1.11. The Bertz CT molecular complexity index is 2140. The van der Waals surface area contributed by atoms with Gasteiger partial charge in [0.15, 0.2) is 24.5 Å². The number of aliphatic hydroxyl groups excluding tert-OH is 1. The van der Waals surface area contributed by atoms with Crippen LogP contribution < -0.4 is 0 Å². The zero-order chi connectivity index (χ0) is 50.9. The smallest absolute Gasteiger partial charge is 0.338 e. The maximum atomic E-state index is 14.8. The van der Waals surface area contributed by atoms with E-state index in [2.05, 4.69) is 33.8 Å². The van der Waals surface area contributed by atoms with Gasteiger partial charge in [-0.3, -0.25) is 4.79 Å². The van der Waals surface area contributed by atoms with Crippen molar-refractivity contribution in [1.29, 1.82) is 0 Å². The first-order valence-corrected chi connectivity index (χ1v) is 26.2. The maximum absolute atomic E-state index is 14.8. The lowest BCUT2D eigenvalue weighted by molar-refractivity contribution is -0.340. The topological polar surface area (TPSA) is 176 Å². The van der Waals surface area contributed by atoms with Crippen molar-refractivity contribution >= 4 is 23.5 Å². The van der Waals surface area contributed by atoms with Crippen molar-refractivity contribution in [2.75, 3.05) is 20.8 Å². The van der Waals surface area contributed by atoms with E-state index >= 15 is 0 Å². The Morgan fingerprint density at radius 2 is 1.62 bits per heavy atom. The van der Waals surface area contributed by atoms with E-state index in [9.17, 15) is 19.8 Å². The molecular weight excluding hydrogens is 936 g/mol. The van der Waals surface area contributed by atoms with Gasteiger partial charge in [-0.2, -0.15) is 0 Å². The van der Waals surface area contributed by atoms with Gasteiger partial charge in [0.2, 0.25) is 0 Å². The Morgan fingerprint density at radius 3 is 2.34 bits per heavy atom. The number of carbonyl (C=O) groups excluding carboxylic acids is 2. The fraction of sp³-hybridized carbons (Fsp3) is 0.709. The van der Waals surface area contributed by atoms with Gasteiger partial charge in [0.25, 0.3) is 0 Å². The molecule has 2 N–H and O–H groups in total. The molecule has 1 aromatic rings. The van der Waals surface area contributed by atoms with E-state index in [0.717, 1.165) is 18.4 Å². The van der Waals surface area contributed by atoms with E-state index in [1.54, 1.807) is 64.5 Å². The summed E-state index contributed by atoms with van der Waals surface area (Å²) in [5.74, 6) is -3.03. The summed E-state index contributed by atoms with van der Waals surface area (Å²) in [6.45, 7) is 16.2. The second kappa shape index (κ2) is 22.8. The van der Waals surface area contributed by atoms with Gasteiger partial charge in [-0.05, 0) is 93.4 Å². The number of hydrogen-bond acceptors (Lipinski definition) is 15. The zero-order valence-electron chi connectivity index (χ0n) is 43.0. The molecule has 6 aliphatic heterocycles. The fourth-order valence-electron chi connectivity index (χ4n) is 11.9. The predicted molar refractivity (Wildman–Crippen MR) is 262 cm³/mol. The van der Waals surface area contributed by atoms with Crippen molar-refractivity contribution in [1.82, 2.24) is 0 Å². The SMILES string of the molecule is CC[C@H](C)[C@H]1O[C@]2(CC[C@@H]1C)C[C@@H]1C[C@@H](C/C=C(\C)[C@@H](O[C@H]3C[C@H](OC)[C@@H](O[C@H]4C[C@H](OC)[C@@H](O)[C@H](C)O4)[C@H](C)O3)[C@@H](C)/C=C/C=C3\CO[C@@H]4[C@H](OC(=O)c5ccc(Cl)cc5)C(C)=C[C@@H](C(=O)O1)[C@]34O)O2. The average molecular weight is 1010 g/mol. The molecule has 5 fully saturated rings. The second-order valence-corrected chi connectivity index (χ2v) is 21.7. The van der Waals surface area contributed by atoms with E-state index in [4.69, 9.17) is 63.7 Å². The number of esters is 2. The van der Waals surface area contributed by atoms with Crippen molar-refractivity contribution in [3.8, 4) is 0 Å². The second-order valence-electron chi connectivity index (χ2n) is 21.2. The quantitative estimate of drug-likeness (QED) is 0.170. The summed E-state index contributed by atoms with van der Waals surface area (Å²) in [5.41, 5.74) is 0.278. The number of carbonyl (C=O) groups is 2. The lowest BCUT2D eigenvalue weighted by Crippen LogP contribution is -2.59. The Hall–Kier alpha value is -3.03. The van der Waals surface area contributed by atoms with Crippen molar-refractivity contribution in [2.45, 2.75) is 204 Å². The van der Waals surface area contributed by atoms with E-state index < -0.39 is 103 Å². The molecule has 15 nitrogen and oxygen atoms in total. The van der Waals surface area contributed by atoms with E-state index in [-0.39, 0.29) is 36.2 Å². The first kappa shape index (κ1) is 54.2. The Labute approximate surface area is 424 Å². The van der Waals surface area contributed by atoms with Gasteiger partial charge in [-0.1, -0.05) is 76.1 Å². The molecule has 20 atom stereocenters. The number of hydrogen-bond donors (Lipinski definition) is 2. The number of rotatable bonds is 10. The van der Waals surface area contributed by atoms with Crippen LogP contribution in [0.5, 0.6) is 0 Å². The van der Waals surface area contributed by atoms with Crippen molar-refractivity contribution in [3.05, 3.63) is 82.0 Å². The Morgan fingerprint density at radius 1 is 0.915 bits per heavy atom. The molecule has 2 bridgehead atoms. The van der Waals surface area contributed by atoms with Crippen LogP contribution in [0.25, 0.3) is 0 Å². The molecule has 394 valence electrons. The van der Waals surface area contributed by atoms with Gasteiger partial charge >= 0.3 is 11.9 Å². The number of aliphatic hydroxyl groups is 2. The number of fused-ring (bicyclic) bond motifs is 2. The summed E-state index contributed by atoms with van der Waals surface area (Å²) in [7, 11) is 3.21. The maximum Gasteiger partial charge on any atom is 0.338 e. The minimum absolute atomic E-state index is 0.0307. The summed E-state index contributed by atoms with van der Waals surface area (Å²) in [4.78, 5) is 28.4. The van der Waals surface area contributed by atoms with Crippen LogP contribution in [0, 0.1) is 23.7 Å². The highest BCUT2D eigenvalue weighted by Crippen LogP contribution is 2.49. The monoisotopic (exact) mass is 1010 g/mol. The molecule has 16 heteroatoms. The minimum atomic E-state index is -1.94. The van der Waals surface area contributed by atoms with Crippen LogP contribution in [0.4, 0.5) is 0 Å². The number of halogens is 1. The number of ether oxygens (including phenoxy) is 11. The van der Waals surface area contributed by atoms with Crippen LogP contribution in [0.3, 0.4) is 0 Å². The van der Waals surface area contributed by atoms with Crippen LogP contribution in [0.2, 0.25) is 5.02 Å². The van der Waals surface area contributed by atoms with Crippen molar-refractivity contribution in [3.63, 3.8) is 0 Å². The molecule has 0 aromatic heterocycles. The number of benzene rings is 1. The minimum Gasteiger partial charge on any atom is -0.462 e. The molecule has 7 aliphatic rings. The zero-order valence-corrected chi connectivity index (χ0v) is 43.8. The largest absolute Gasteiger partial charge is 0.462 e. The van der Waals surface area contributed by atoms with Gasteiger partial charge in [0.1, 0.15) is 35.9 Å². The first-order valence-electron chi connectivity index (χ1n) is 25.8. The summed E-state index contributed by atoms with van der Waals surface area (Å²) >= 11 is 6.12. The fourth-order valence-corrected chi connectivity index (χ4v) is 12.0. The lowest BCUT2D eigenvalue weighted by atomic mass is 9.70. The normalized spacial score (nSPS) is 44.5. The molecule has 0 amide bonds. The molecule has 1 spiro atoms. The molecular formula is C55H77ClO15. The van der Waals surface area contributed by atoms with Crippen LogP contribution in [0.15, 0.2) is 71.4 Å². The molecule has 0 radical (unpaired) electrons. The van der Waals surface area contributed by atoms with E-state index in [0.29, 0.717) is 60.6 Å². The predicted octanol–water partition coefficient (Wildman–Crippen LogP) is 8.12. The highest BCUT2D eigenvalue weighted by Gasteiger charge is 2.61. The Kier molecular flexibility index (Phi) is 17.4. The summed E-state index contributed by atoms with van der Waals surface area (Å²) in [5, 5.41) is 24.1. The molecule has 1 aromatic carbocycles. The summed E-state index contributed by atoms with van der Waals surface area (Å²) < 4.78 is 70.8. The molecule has 71 heavy (non-hydrogen) atoms. The molecule has 8 rings (SSSR count). The van der Waals surface area contributed by atoms with E-state index in [1.807, 2.05) is 26.0 Å². The molecule has 6 heterocycles. The molecule has 1 aliphatic carbocycles. The van der Waals surface area contributed by atoms with Crippen LogP contribution in [-0.2, 0) is 56.9 Å². The van der Waals surface area contributed by atoms with Crippen LogP contribution in [0.1, 0.15) is 117 Å². The van der Waals surface area contributed by atoms with Gasteiger partial charge in [-0.25, -0.2) is 4.79 Å². The third-order valence-corrected chi connectivity index (χ3v) is 16.5. The highest BCUT2D eigenvalue weighted by atomic mass is 35.5. The lowest BCUT2D eigenvalue weighted by Gasteiger charge is -2.51. The van der Waals surface area contributed by atoms with Crippen molar-refractivity contribution in [2.24, 2.45) is 23.7 Å². The summed E-state index contributed by atoms with van der Waals surface area (Å²) in [6, 6.07) is 6.36. The summed E-state index contributed by atoms with van der Waals surface area (Å²) in [6.07, 6.45) is 5.87. The van der Waals surface area contributed by atoms with Gasteiger partial charge in [-0.15, -0.1) is 0 Å². The molecule has 0 saturated carbocycles. The third-order valence-electron chi connectivity index (χ3n) is 16.2. The average Bonchev–Trinajstić information content (AvgIpc) is 3.68.